The number of nitrogens with zero attached hydrogens (tertiary/aromatic N) is 3. The van der Waals surface area contributed by atoms with Crippen molar-refractivity contribution >= 4 is 45.9 Å². The van der Waals surface area contributed by atoms with Gasteiger partial charge in [-0.15, -0.1) is 11.3 Å². The third-order valence-corrected chi connectivity index (χ3v) is 4.42. The van der Waals surface area contributed by atoms with Gasteiger partial charge in [0.1, 0.15) is 11.7 Å². The molecule has 2 heterocycles. The maximum absolute atomic E-state index is 13.2. The van der Waals surface area contributed by atoms with Crippen molar-refractivity contribution in [2.24, 2.45) is 5.16 Å². The fraction of sp³-hybridized carbons (Fsp3) is 0.429. The van der Waals surface area contributed by atoms with Crippen LogP contribution in [0.4, 0.5) is 13.9 Å². The number of oxime groups is 1. The van der Waals surface area contributed by atoms with Crippen LogP contribution in [0.1, 0.15) is 19.5 Å². The largest absolute Gasteiger partial charge is 0.521 e. The number of amides is 2. The zero-order valence-corrected chi connectivity index (χ0v) is 16.1. The summed E-state index contributed by atoms with van der Waals surface area (Å²) in [6.45, 7) is 2.07. The highest BCUT2D eigenvalue weighted by Crippen LogP contribution is 2.32. The van der Waals surface area contributed by atoms with E-state index in [-0.39, 0.29) is 10.8 Å². The van der Waals surface area contributed by atoms with E-state index in [0.29, 0.717) is 0 Å². The molecule has 1 unspecified atom stereocenters. The molecule has 1 aromatic heterocycles. The fourth-order valence-corrected chi connectivity index (χ4v) is 2.83. The Kier molecular flexibility index (Phi) is 6.22. The summed E-state index contributed by atoms with van der Waals surface area (Å²) < 4.78 is 26.4. The summed E-state index contributed by atoms with van der Waals surface area (Å²) in [4.78, 5) is 58.0. The Hall–Kier alpha value is -3.40. The summed E-state index contributed by atoms with van der Waals surface area (Å²) in [5.74, 6) is -6.00. The number of halogens is 2. The van der Waals surface area contributed by atoms with E-state index in [1.54, 1.807) is 0 Å². The molecular formula is C14H15F2N5O8S. The number of anilines is 1. The maximum Gasteiger partial charge on any atom is 0.521 e. The van der Waals surface area contributed by atoms with E-state index < -0.39 is 53.8 Å². The Morgan fingerprint density at radius 1 is 1.43 bits per heavy atom. The number of carbonyl (C=O) groups is 4. The first kappa shape index (κ1) is 22.9. The van der Waals surface area contributed by atoms with Crippen LogP contribution < -0.4 is 11.1 Å². The number of carboxylic acids is 2. The number of rotatable bonds is 9. The van der Waals surface area contributed by atoms with Crippen LogP contribution in [-0.4, -0.2) is 74.0 Å². The number of alkyl halides is 2. The van der Waals surface area contributed by atoms with E-state index in [2.05, 4.69) is 20.3 Å². The molecule has 0 spiro atoms. The highest BCUT2D eigenvalue weighted by Gasteiger charge is 2.56. The molecule has 2 rings (SSSR count). The quantitative estimate of drug-likeness (QED) is 0.211. The van der Waals surface area contributed by atoms with Crippen LogP contribution in [0.15, 0.2) is 10.5 Å². The minimum absolute atomic E-state index is 0.0520. The minimum atomic E-state index is -4.74. The number of hydrogen-bond donors (Lipinski definition) is 4. The number of hydrogen-bond acceptors (Lipinski definition) is 10. The molecule has 0 radical (unpaired) electrons. The van der Waals surface area contributed by atoms with Gasteiger partial charge in [0, 0.05) is 5.38 Å². The first-order chi connectivity index (χ1) is 13.8. The molecule has 0 aliphatic carbocycles. The summed E-state index contributed by atoms with van der Waals surface area (Å²) in [6.07, 6.45) is -4.74. The second-order valence-corrected chi connectivity index (χ2v) is 7.17. The minimum Gasteiger partial charge on any atom is -0.479 e. The van der Waals surface area contributed by atoms with Gasteiger partial charge in [0.05, 0.1) is 5.54 Å². The smallest absolute Gasteiger partial charge is 0.479 e. The lowest BCUT2D eigenvalue weighted by molar-refractivity contribution is -0.257. The Balaban J connectivity index is 2.22. The zero-order chi connectivity index (χ0) is 22.9. The molecule has 13 nitrogen and oxygen atoms in total. The number of thiazole rings is 1. The van der Waals surface area contributed by atoms with Crippen molar-refractivity contribution in [3.05, 3.63) is 11.1 Å². The number of aromatic nitrogens is 1. The lowest BCUT2D eigenvalue weighted by Crippen LogP contribution is -2.76. The molecule has 1 atom stereocenters. The molecule has 0 bridgehead atoms. The van der Waals surface area contributed by atoms with Gasteiger partial charge in [0.25, 0.3) is 11.8 Å². The summed E-state index contributed by atoms with van der Waals surface area (Å²) in [5.41, 5.74) is 3.06. The summed E-state index contributed by atoms with van der Waals surface area (Å²) >= 11 is 0.834. The molecule has 16 heteroatoms. The molecule has 1 aromatic rings. The van der Waals surface area contributed by atoms with Crippen LogP contribution >= 0.6 is 11.3 Å². The third kappa shape index (κ3) is 4.60. The topological polar surface area (TPSA) is 194 Å². The fourth-order valence-electron chi connectivity index (χ4n) is 2.29. The van der Waals surface area contributed by atoms with E-state index in [0.717, 1.165) is 16.4 Å². The van der Waals surface area contributed by atoms with Gasteiger partial charge in [-0.3, -0.25) is 14.4 Å². The average molecular weight is 451 g/mol. The highest BCUT2D eigenvalue weighted by molar-refractivity contribution is 7.13. The van der Waals surface area contributed by atoms with Crippen molar-refractivity contribution in [2.45, 2.75) is 31.5 Å². The van der Waals surface area contributed by atoms with Crippen molar-refractivity contribution in [1.82, 2.24) is 15.4 Å². The van der Waals surface area contributed by atoms with Gasteiger partial charge in [-0.05, 0) is 13.8 Å². The number of nitrogens with two attached hydrogens (primary N) is 1. The molecular weight excluding hydrogens is 436 g/mol. The number of aliphatic carboxylic acids is 2. The standard InChI is InChI=1S/C14H15F2N5O8S/c1-13(2)8(10(25)21(13)28-3-6(22)23)19-9(24)7(5-4-30-12(17)18-5)20-29-14(15,16)11(26)27/h4,8H,3H2,1-2H3,(H2,17,18)(H,19,24)(H,22,23)(H,26,27). The van der Waals surface area contributed by atoms with Gasteiger partial charge < -0.3 is 26.1 Å². The molecule has 164 valence electrons. The van der Waals surface area contributed by atoms with E-state index in [1.807, 2.05) is 0 Å². The summed E-state index contributed by atoms with van der Waals surface area (Å²) in [5, 5.41) is 24.0. The number of nitrogens with one attached hydrogen (secondary N) is 1. The van der Waals surface area contributed by atoms with E-state index in [9.17, 15) is 28.0 Å². The van der Waals surface area contributed by atoms with Crippen molar-refractivity contribution in [3.8, 4) is 0 Å². The molecule has 1 aliphatic rings. The Labute approximate surface area is 170 Å². The Morgan fingerprint density at radius 3 is 2.53 bits per heavy atom. The first-order valence-corrected chi connectivity index (χ1v) is 8.73. The highest BCUT2D eigenvalue weighted by atomic mass is 32.1. The Bertz CT molecular complexity index is 918. The zero-order valence-electron chi connectivity index (χ0n) is 15.3. The lowest BCUT2D eigenvalue weighted by Gasteiger charge is -2.51. The molecule has 0 saturated carbocycles. The van der Waals surface area contributed by atoms with Gasteiger partial charge in [-0.25, -0.2) is 19.6 Å². The molecule has 2 amide bonds. The lowest BCUT2D eigenvalue weighted by atomic mass is 9.84. The van der Waals surface area contributed by atoms with Crippen molar-refractivity contribution in [1.29, 1.82) is 0 Å². The number of hydroxylamine groups is 2. The number of β-lactam (4-membered cyclic amide) rings is 1. The van der Waals surface area contributed by atoms with Crippen LogP contribution in [0.3, 0.4) is 0 Å². The molecule has 5 N–H and O–H groups in total. The first-order valence-electron chi connectivity index (χ1n) is 7.85. The van der Waals surface area contributed by atoms with Gasteiger partial charge >= 0.3 is 18.0 Å². The van der Waals surface area contributed by atoms with Crippen LogP contribution in [0.2, 0.25) is 0 Å². The maximum atomic E-state index is 13.2. The predicted molar refractivity (Wildman–Crippen MR) is 93.2 cm³/mol. The SMILES string of the molecule is CC1(C)C(NC(=O)C(=NOC(F)(F)C(=O)O)c2csc(N)n2)C(=O)N1OCC(=O)O. The van der Waals surface area contributed by atoms with E-state index in [4.69, 9.17) is 20.8 Å². The van der Waals surface area contributed by atoms with Crippen molar-refractivity contribution in [3.63, 3.8) is 0 Å². The van der Waals surface area contributed by atoms with Gasteiger partial charge in [0.2, 0.25) is 0 Å². The molecule has 0 aromatic carbocycles. The van der Waals surface area contributed by atoms with E-state index >= 15 is 0 Å². The van der Waals surface area contributed by atoms with Crippen LogP contribution in [-0.2, 0) is 28.9 Å². The van der Waals surface area contributed by atoms with Crippen LogP contribution in [0.5, 0.6) is 0 Å². The molecule has 1 aliphatic heterocycles. The monoisotopic (exact) mass is 451 g/mol. The summed E-state index contributed by atoms with van der Waals surface area (Å²) in [6, 6.07) is -1.25. The van der Waals surface area contributed by atoms with Crippen molar-refractivity contribution < 1.29 is 47.8 Å². The molecule has 1 fully saturated rings. The predicted octanol–water partition coefficient (Wildman–Crippen LogP) is -0.755. The number of carboxylic acid groups (broad SMARTS) is 2. The Morgan fingerprint density at radius 2 is 2.07 bits per heavy atom. The second-order valence-electron chi connectivity index (χ2n) is 6.28. The van der Waals surface area contributed by atoms with Crippen LogP contribution in [0.25, 0.3) is 0 Å². The average Bonchev–Trinajstić information content (AvgIpc) is 3.05. The van der Waals surface area contributed by atoms with E-state index in [1.165, 1.54) is 19.2 Å². The van der Waals surface area contributed by atoms with Crippen LogP contribution in [0, 0.1) is 0 Å². The second kappa shape index (κ2) is 8.15. The van der Waals surface area contributed by atoms with Gasteiger partial charge in [0.15, 0.2) is 17.5 Å². The number of nitrogen functional groups attached to an aromatic ring is 1. The molecule has 1 saturated heterocycles. The van der Waals surface area contributed by atoms with Crippen molar-refractivity contribution in [2.75, 3.05) is 12.3 Å². The van der Waals surface area contributed by atoms with Gasteiger partial charge in [-0.2, -0.15) is 8.78 Å². The van der Waals surface area contributed by atoms with Gasteiger partial charge in [-0.1, -0.05) is 5.16 Å². The summed E-state index contributed by atoms with van der Waals surface area (Å²) in [7, 11) is 0. The molecule has 30 heavy (non-hydrogen) atoms. The normalized spacial score (nSPS) is 18.5. The number of carbonyl (C=O) groups excluding carboxylic acids is 2. The third-order valence-electron chi connectivity index (χ3n) is 3.75.